The lowest BCUT2D eigenvalue weighted by Crippen LogP contribution is -2.15. The first-order valence-corrected chi connectivity index (χ1v) is 7.49. The molecule has 0 atom stereocenters. The summed E-state index contributed by atoms with van der Waals surface area (Å²) in [4.78, 5) is 15.9. The highest BCUT2D eigenvalue weighted by Gasteiger charge is 2.05. The second kappa shape index (κ2) is 7.05. The number of amides is 1. The largest absolute Gasteiger partial charge is 0.493 e. The number of nitrogens with one attached hydrogen (secondary N) is 1. The predicted octanol–water partition coefficient (Wildman–Crippen LogP) is 3.42. The molecule has 1 aromatic carbocycles. The molecule has 106 valence electrons. The molecule has 0 aliphatic carbocycles. The first kappa shape index (κ1) is 14.5. The number of carbonyl (C=O) groups is 1. The van der Waals surface area contributed by atoms with Crippen molar-refractivity contribution in [1.29, 1.82) is 0 Å². The molecule has 5 heteroatoms. The minimum Gasteiger partial charge on any atom is -0.493 e. The topological polar surface area (TPSA) is 51.2 Å². The van der Waals surface area contributed by atoms with Crippen molar-refractivity contribution in [1.82, 2.24) is 4.98 Å². The van der Waals surface area contributed by atoms with E-state index < -0.39 is 0 Å². The Labute approximate surface area is 122 Å². The molecule has 1 N–H and O–H groups in total. The van der Waals surface area contributed by atoms with E-state index >= 15 is 0 Å². The third-order valence-electron chi connectivity index (χ3n) is 2.79. The number of aryl methyl sites for hydroxylation is 2. The number of nitrogens with zero attached hydrogens (tertiary/aromatic N) is 1. The minimum atomic E-state index is -0.0791. The van der Waals surface area contributed by atoms with Gasteiger partial charge >= 0.3 is 0 Å². The molecule has 1 amide bonds. The molecule has 0 bridgehead atoms. The molecule has 0 saturated carbocycles. The van der Waals surface area contributed by atoms with Crippen molar-refractivity contribution in [3.05, 3.63) is 40.9 Å². The summed E-state index contributed by atoms with van der Waals surface area (Å²) >= 11 is 1.43. The van der Waals surface area contributed by atoms with E-state index in [-0.39, 0.29) is 5.91 Å². The number of aromatic nitrogens is 1. The minimum absolute atomic E-state index is 0.0791. The summed E-state index contributed by atoms with van der Waals surface area (Å²) in [5.41, 5.74) is 2.19. The van der Waals surface area contributed by atoms with Gasteiger partial charge in [0.15, 0.2) is 5.13 Å². The van der Waals surface area contributed by atoms with Crippen LogP contribution in [0.1, 0.15) is 24.6 Å². The average Bonchev–Trinajstić information content (AvgIpc) is 2.85. The van der Waals surface area contributed by atoms with Crippen LogP contribution < -0.4 is 10.1 Å². The molecule has 0 aliphatic rings. The van der Waals surface area contributed by atoms with Crippen LogP contribution in [-0.2, 0) is 11.2 Å². The molecule has 2 rings (SSSR count). The van der Waals surface area contributed by atoms with E-state index in [2.05, 4.69) is 17.2 Å². The number of thiazole rings is 1. The Morgan fingerprint density at radius 2 is 2.10 bits per heavy atom. The summed E-state index contributed by atoms with van der Waals surface area (Å²) in [6, 6.07) is 7.93. The molecule has 0 fully saturated rings. The molecular formula is C15H18N2O2S. The van der Waals surface area contributed by atoms with Crippen LogP contribution >= 0.6 is 11.3 Å². The van der Waals surface area contributed by atoms with Gasteiger partial charge in [-0.2, -0.15) is 0 Å². The van der Waals surface area contributed by atoms with Gasteiger partial charge in [-0.3, -0.25) is 4.79 Å². The van der Waals surface area contributed by atoms with Crippen LogP contribution in [0.15, 0.2) is 29.6 Å². The fraction of sp³-hybridized carbons (Fsp3) is 0.333. The Bertz CT molecular complexity index is 564. The lowest BCUT2D eigenvalue weighted by molar-refractivity contribution is -0.116. The number of hydrogen-bond donors (Lipinski definition) is 1. The number of benzene rings is 1. The van der Waals surface area contributed by atoms with Crippen LogP contribution in [0.2, 0.25) is 0 Å². The molecule has 4 nitrogen and oxygen atoms in total. The number of carbonyl (C=O) groups excluding carboxylic acids is 1. The standard InChI is InChI=1S/C15H18N2O2S/c1-3-12-4-6-13(7-5-12)19-9-8-14(18)17-15-16-11(2)10-20-15/h4-7,10H,3,8-9H2,1-2H3,(H,16,17,18). The Morgan fingerprint density at radius 3 is 2.70 bits per heavy atom. The second-order valence-electron chi connectivity index (χ2n) is 4.44. The molecule has 0 spiro atoms. The first-order valence-electron chi connectivity index (χ1n) is 6.61. The predicted molar refractivity (Wildman–Crippen MR) is 81.4 cm³/mol. The average molecular weight is 290 g/mol. The van der Waals surface area contributed by atoms with Crippen molar-refractivity contribution in [2.45, 2.75) is 26.7 Å². The maximum absolute atomic E-state index is 11.7. The summed E-state index contributed by atoms with van der Waals surface area (Å²) in [5.74, 6) is 0.713. The van der Waals surface area contributed by atoms with E-state index in [1.54, 1.807) is 0 Å². The van der Waals surface area contributed by atoms with Gasteiger partial charge in [0.25, 0.3) is 0 Å². The third kappa shape index (κ3) is 4.35. The molecule has 0 aliphatic heterocycles. The van der Waals surface area contributed by atoms with Crippen LogP contribution in [0.25, 0.3) is 0 Å². The maximum Gasteiger partial charge on any atom is 0.229 e. The zero-order valence-corrected chi connectivity index (χ0v) is 12.5. The molecule has 0 radical (unpaired) electrons. The van der Waals surface area contributed by atoms with Crippen LogP contribution in [0.4, 0.5) is 5.13 Å². The normalized spacial score (nSPS) is 10.3. The smallest absolute Gasteiger partial charge is 0.229 e. The number of hydrogen-bond acceptors (Lipinski definition) is 4. The van der Waals surface area contributed by atoms with E-state index in [1.807, 2.05) is 36.6 Å². The highest BCUT2D eigenvalue weighted by Crippen LogP contribution is 2.15. The Hall–Kier alpha value is -1.88. The van der Waals surface area contributed by atoms with Crippen molar-refractivity contribution in [2.75, 3.05) is 11.9 Å². The molecule has 0 unspecified atom stereocenters. The number of anilines is 1. The van der Waals surface area contributed by atoms with E-state index in [0.717, 1.165) is 17.9 Å². The Balaban J connectivity index is 1.73. The fourth-order valence-electron chi connectivity index (χ4n) is 1.68. The second-order valence-corrected chi connectivity index (χ2v) is 5.30. The van der Waals surface area contributed by atoms with E-state index in [0.29, 0.717) is 18.2 Å². The maximum atomic E-state index is 11.7. The summed E-state index contributed by atoms with van der Waals surface area (Å²) in [7, 11) is 0. The fourth-order valence-corrected chi connectivity index (χ4v) is 2.38. The van der Waals surface area contributed by atoms with Crippen LogP contribution in [-0.4, -0.2) is 17.5 Å². The van der Waals surface area contributed by atoms with Gasteiger partial charge in [0.1, 0.15) is 5.75 Å². The Morgan fingerprint density at radius 1 is 1.35 bits per heavy atom. The van der Waals surface area contributed by atoms with E-state index in [4.69, 9.17) is 4.74 Å². The monoisotopic (exact) mass is 290 g/mol. The van der Waals surface area contributed by atoms with Gasteiger partial charge in [-0.25, -0.2) is 4.98 Å². The van der Waals surface area contributed by atoms with Gasteiger partial charge in [0.05, 0.1) is 18.7 Å². The van der Waals surface area contributed by atoms with Crippen LogP contribution in [0.5, 0.6) is 5.75 Å². The lowest BCUT2D eigenvalue weighted by atomic mass is 10.2. The lowest BCUT2D eigenvalue weighted by Gasteiger charge is -2.06. The van der Waals surface area contributed by atoms with Gasteiger partial charge in [-0.1, -0.05) is 19.1 Å². The van der Waals surface area contributed by atoms with Gasteiger partial charge in [0.2, 0.25) is 5.91 Å². The van der Waals surface area contributed by atoms with Crippen molar-refractivity contribution < 1.29 is 9.53 Å². The molecular weight excluding hydrogens is 272 g/mol. The first-order chi connectivity index (χ1) is 9.67. The quantitative estimate of drug-likeness (QED) is 0.887. The van der Waals surface area contributed by atoms with Gasteiger partial charge in [0, 0.05) is 5.38 Å². The van der Waals surface area contributed by atoms with Gasteiger partial charge < -0.3 is 10.1 Å². The molecule has 1 aromatic heterocycles. The third-order valence-corrected chi connectivity index (χ3v) is 3.67. The summed E-state index contributed by atoms with van der Waals surface area (Å²) in [6.07, 6.45) is 1.32. The molecule has 2 aromatic rings. The summed E-state index contributed by atoms with van der Waals surface area (Å²) in [6.45, 7) is 4.37. The van der Waals surface area contributed by atoms with E-state index in [9.17, 15) is 4.79 Å². The summed E-state index contributed by atoms with van der Waals surface area (Å²) in [5, 5.41) is 5.30. The number of rotatable bonds is 6. The highest BCUT2D eigenvalue weighted by atomic mass is 32.1. The van der Waals surface area contributed by atoms with Crippen LogP contribution in [0.3, 0.4) is 0 Å². The summed E-state index contributed by atoms with van der Waals surface area (Å²) < 4.78 is 5.54. The van der Waals surface area contributed by atoms with Crippen molar-refractivity contribution in [3.8, 4) is 5.75 Å². The van der Waals surface area contributed by atoms with Gasteiger partial charge in [-0.05, 0) is 31.0 Å². The number of ether oxygens (including phenoxy) is 1. The van der Waals surface area contributed by atoms with Crippen molar-refractivity contribution in [2.24, 2.45) is 0 Å². The van der Waals surface area contributed by atoms with Crippen LogP contribution in [0, 0.1) is 6.92 Å². The zero-order chi connectivity index (χ0) is 14.4. The van der Waals surface area contributed by atoms with E-state index in [1.165, 1.54) is 16.9 Å². The molecule has 0 saturated heterocycles. The molecule has 1 heterocycles. The Kier molecular flexibility index (Phi) is 5.12. The SMILES string of the molecule is CCc1ccc(OCCC(=O)Nc2nc(C)cs2)cc1. The highest BCUT2D eigenvalue weighted by molar-refractivity contribution is 7.13. The van der Waals surface area contributed by atoms with Gasteiger partial charge in [-0.15, -0.1) is 11.3 Å². The van der Waals surface area contributed by atoms with Crippen molar-refractivity contribution >= 4 is 22.4 Å². The zero-order valence-electron chi connectivity index (χ0n) is 11.7. The van der Waals surface area contributed by atoms with Crippen molar-refractivity contribution in [3.63, 3.8) is 0 Å². The molecule has 20 heavy (non-hydrogen) atoms.